The van der Waals surface area contributed by atoms with Gasteiger partial charge >= 0.3 is 13.8 Å². The molecule has 9 nitrogen and oxygen atoms in total. The summed E-state index contributed by atoms with van der Waals surface area (Å²) < 4.78 is 27.0. The van der Waals surface area contributed by atoms with Gasteiger partial charge in [-0.2, -0.15) is 0 Å². The van der Waals surface area contributed by atoms with E-state index in [-0.39, 0.29) is 32.1 Å². The van der Waals surface area contributed by atoms with Gasteiger partial charge in [-0.1, -0.05) is 214 Å². The Hall–Kier alpha value is -3.07. The first-order valence-corrected chi connectivity index (χ1v) is 28.2. The van der Waals surface area contributed by atoms with E-state index in [0.29, 0.717) is 12.8 Å². The van der Waals surface area contributed by atoms with Crippen LogP contribution in [0.3, 0.4) is 0 Å². The lowest BCUT2D eigenvalue weighted by Crippen LogP contribution is -2.27. The van der Waals surface area contributed by atoms with E-state index in [4.69, 9.17) is 13.8 Å². The molecule has 0 saturated carbocycles. The highest BCUT2D eigenvalue weighted by atomic mass is 31.2. The van der Waals surface area contributed by atoms with Gasteiger partial charge in [-0.25, -0.2) is 4.57 Å². The SMILES string of the molecule is CC/C=C\C/C=C\C/C=C\C/C=C\C/C=C\C/C=C\C/C=C\CCCC(=O)NCCOP(=O)(O)OCC(O)COC(=O)CCCCCCCCCCCCCCC/C=C/CCCCCCCC. The molecule has 0 aromatic rings. The van der Waals surface area contributed by atoms with E-state index in [1.54, 1.807) is 0 Å². The summed E-state index contributed by atoms with van der Waals surface area (Å²) in [6, 6.07) is 0. The zero-order valence-electron chi connectivity index (χ0n) is 42.6. The summed E-state index contributed by atoms with van der Waals surface area (Å²) in [7, 11) is -4.45. The van der Waals surface area contributed by atoms with Crippen molar-refractivity contribution in [1.82, 2.24) is 5.32 Å². The lowest BCUT2D eigenvalue weighted by molar-refractivity contribution is -0.147. The van der Waals surface area contributed by atoms with Gasteiger partial charge in [0, 0.05) is 19.4 Å². The molecule has 0 aromatic heterocycles. The van der Waals surface area contributed by atoms with E-state index >= 15 is 0 Å². The number of carbonyl (C=O) groups is 2. The van der Waals surface area contributed by atoms with E-state index in [1.807, 2.05) is 0 Å². The molecular formula is C57H98NO8P. The number of aliphatic hydroxyl groups excluding tert-OH is 1. The second-order valence-electron chi connectivity index (χ2n) is 17.5. The molecule has 0 fully saturated rings. The third-order valence-electron chi connectivity index (χ3n) is 11.0. The summed E-state index contributed by atoms with van der Waals surface area (Å²) in [5.41, 5.74) is 0. The molecule has 2 atom stereocenters. The van der Waals surface area contributed by atoms with Gasteiger partial charge in [0.2, 0.25) is 5.91 Å². The van der Waals surface area contributed by atoms with Crippen LogP contribution in [0.4, 0.5) is 0 Å². The number of rotatable bonds is 49. The van der Waals surface area contributed by atoms with Gasteiger partial charge in [-0.15, -0.1) is 0 Å². The van der Waals surface area contributed by atoms with Crippen molar-refractivity contribution in [2.45, 2.75) is 225 Å². The fraction of sp³-hybridized carbons (Fsp3) is 0.684. The summed E-state index contributed by atoms with van der Waals surface area (Å²) in [6.45, 7) is 3.38. The van der Waals surface area contributed by atoms with E-state index in [2.05, 4.69) is 116 Å². The number of esters is 1. The first kappa shape index (κ1) is 63.9. The molecule has 384 valence electrons. The van der Waals surface area contributed by atoms with Gasteiger partial charge in [-0.05, 0) is 89.9 Å². The summed E-state index contributed by atoms with van der Waals surface area (Å²) in [6.07, 6.45) is 69.3. The quantitative estimate of drug-likeness (QED) is 0.0238. The monoisotopic (exact) mass is 956 g/mol. The van der Waals surface area contributed by atoms with Gasteiger partial charge in [0.1, 0.15) is 12.7 Å². The number of aliphatic hydroxyl groups is 1. The summed E-state index contributed by atoms with van der Waals surface area (Å²) in [4.78, 5) is 34.1. The van der Waals surface area contributed by atoms with Crippen LogP contribution in [-0.4, -0.2) is 54.3 Å². The van der Waals surface area contributed by atoms with Crippen LogP contribution in [0.1, 0.15) is 219 Å². The summed E-state index contributed by atoms with van der Waals surface area (Å²) in [5, 5.41) is 12.7. The minimum absolute atomic E-state index is 0.0452. The Bertz CT molecular complexity index is 1410. The highest BCUT2D eigenvalue weighted by Gasteiger charge is 2.23. The van der Waals surface area contributed by atoms with Crippen LogP contribution in [0.5, 0.6) is 0 Å². The van der Waals surface area contributed by atoms with Crippen molar-refractivity contribution >= 4 is 19.7 Å². The van der Waals surface area contributed by atoms with Gasteiger partial charge in [0.25, 0.3) is 0 Å². The Morgan fingerprint density at radius 3 is 1.33 bits per heavy atom. The first-order valence-electron chi connectivity index (χ1n) is 26.7. The normalized spacial score (nSPS) is 13.9. The van der Waals surface area contributed by atoms with Crippen molar-refractivity contribution in [3.63, 3.8) is 0 Å². The van der Waals surface area contributed by atoms with E-state index < -0.39 is 26.5 Å². The highest BCUT2D eigenvalue weighted by Crippen LogP contribution is 2.42. The average Bonchev–Trinajstić information content (AvgIpc) is 3.32. The van der Waals surface area contributed by atoms with Crippen LogP contribution >= 0.6 is 7.82 Å². The number of unbranched alkanes of at least 4 members (excludes halogenated alkanes) is 20. The Kier molecular flexibility index (Phi) is 49.9. The lowest BCUT2D eigenvalue weighted by atomic mass is 10.0. The van der Waals surface area contributed by atoms with E-state index in [0.717, 1.165) is 70.6 Å². The minimum atomic E-state index is -4.45. The Labute approximate surface area is 410 Å². The van der Waals surface area contributed by atoms with Crippen molar-refractivity contribution in [2.24, 2.45) is 0 Å². The third-order valence-corrected chi connectivity index (χ3v) is 12.0. The molecule has 0 bridgehead atoms. The van der Waals surface area contributed by atoms with Gasteiger partial charge in [-0.3, -0.25) is 18.6 Å². The van der Waals surface area contributed by atoms with Gasteiger partial charge in [0.05, 0.1) is 13.2 Å². The number of allylic oxidation sites excluding steroid dienone is 16. The lowest BCUT2D eigenvalue weighted by Gasteiger charge is -2.15. The number of amides is 1. The number of phosphoric ester groups is 1. The molecule has 0 aliphatic heterocycles. The summed E-state index contributed by atoms with van der Waals surface area (Å²) in [5.74, 6) is -0.579. The molecule has 67 heavy (non-hydrogen) atoms. The Balaban J connectivity index is 3.65. The molecule has 3 N–H and O–H groups in total. The minimum Gasteiger partial charge on any atom is -0.463 e. The molecule has 10 heteroatoms. The van der Waals surface area contributed by atoms with Crippen LogP contribution < -0.4 is 5.32 Å². The van der Waals surface area contributed by atoms with Crippen LogP contribution in [0.15, 0.2) is 97.2 Å². The molecule has 0 aliphatic rings. The fourth-order valence-electron chi connectivity index (χ4n) is 7.01. The van der Waals surface area contributed by atoms with Crippen LogP contribution in [-0.2, 0) is 27.9 Å². The molecule has 0 saturated heterocycles. The van der Waals surface area contributed by atoms with Crippen molar-refractivity contribution in [1.29, 1.82) is 0 Å². The van der Waals surface area contributed by atoms with Crippen molar-refractivity contribution in [3.8, 4) is 0 Å². The second kappa shape index (κ2) is 52.3. The zero-order valence-corrected chi connectivity index (χ0v) is 43.5. The van der Waals surface area contributed by atoms with Crippen molar-refractivity contribution in [3.05, 3.63) is 97.2 Å². The van der Waals surface area contributed by atoms with Gasteiger partial charge < -0.3 is 20.1 Å². The number of hydrogen-bond acceptors (Lipinski definition) is 7. The smallest absolute Gasteiger partial charge is 0.463 e. The zero-order chi connectivity index (χ0) is 48.8. The molecular weight excluding hydrogens is 858 g/mol. The largest absolute Gasteiger partial charge is 0.472 e. The topological polar surface area (TPSA) is 131 Å². The average molecular weight is 956 g/mol. The molecule has 0 rings (SSSR count). The predicted molar refractivity (Wildman–Crippen MR) is 284 cm³/mol. The number of nitrogens with one attached hydrogen (secondary N) is 1. The Morgan fingerprint density at radius 1 is 0.478 bits per heavy atom. The molecule has 0 heterocycles. The van der Waals surface area contributed by atoms with Crippen LogP contribution in [0, 0.1) is 0 Å². The van der Waals surface area contributed by atoms with Gasteiger partial charge in [0.15, 0.2) is 0 Å². The number of ether oxygens (including phenoxy) is 1. The van der Waals surface area contributed by atoms with Crippen molar-refractivity contribution in [2.75, 3.05) is 26.4 Å². The molecule has 1 amide bonds. The Morgan fingerprint density at radius 2 is 0.866 bits per heavy atom. The van der Waals surface area contributed by atoms with E-state index in [1.165, 1.54) is 116 Å². The molecule has 2 unspecified atom stereocenters. The fourth-order valence-corrected chi connectivity index (χ4v) is 7.77. The molecule has 0 radical (unpaired) electrons. The number of carbonyl (C=O) groups excluding carboxylic acids is 2. The second-order valence-corrected chi connectivity index (χ2v) is 18.9. The standard InChI is InChI=1S/C57H98NO8P/c1-3-5-7-9-11-13-15-17-19-21-23-25-27-29-31-33-35-37-39-41-43-45-47-49-56(60)58-51-52-65-67(62,63)66-54-55(59)53-64-57(61)50-48-46-44-42-40-38-36-34-32-30-28-26-24-22-20-18-16-14-12-10-8-6-4-2/h5,7,11,13,17-20,23,25,29,31,35,37,41,43,55,59H,3-4,6,8-10,12,14-16,21-22,24,26-28,30,32-34,36,38-40,42,44-54H2,1-2H3,(H,58,60)(H,62,63)/b7-5-,13-11-,19-17-,20-18+,25-23-,31-29-,37-35-,43-41-. The maximum Gasteiger partial charge on any atom is 0.472 e. The van der Waals surface area contributed by atoms with Crippen LogP contribution in [0.2, 0.25) is 0 Å². The summed E-state index contributed by atoms with van der Waals surface area (Å²) >= 11 is 0. The predicted octanol–water partition coefficient (Wildman–Crippen LogP) is 16.1. The molecule has 0 spiro atoms. The van der Waals surface area contributed by atoms with Crippen molar-refractivity contribution < 1.29 is 37.9 Å². The highest BCUT2D eigenvalue weighted by molar-refractivity contribution is 7.47. The third kappa shape index (κ3) is 53.7. The number of phosphoric acid groups is 1. The first-order chi connectivity index (χ1) is 32.8. The molecule has 0 aliphatic carbocycles. The number of hydrogen-bond donors (Lipinski definition) is 3. The van der Waals surface area contributed by atoms with Crippen LogP contribution in [0.25, 0.3) is 0 Å². The maximum absolute atomic E-state index is 12.2. The molecule has 0 aromatic carbocycles. The maximum atomic E-state index is 12.2. The van der Waals surface area contributed by atoms with E-state index in [9.17, 15) is 24.2 Å².